The predicted octanol–water partition coefficient (Wildman–Crippen LogP) is 2.46. The zero-order valence-electron chi connectivity index (χ0n) is 11.5. The van der Waals surface area contributed by atoms with Gasteiger partial charge in [-0.05, 0) is 50.6 Å². The molecule has 0 bridgehead atoms. The molecule has 1 aliphatic carbocycles. The van der Waals surface area contributed by atoms with Crippen molar-refractivity contribution in [1.82, 2.24) is 10.6 Å². The number of amides is 1. The van der Waals surface area contributed by atoms with Gasteiger partial charge in [-0.15, -0.1) is 0 Å². The zero-order chi connectivity index (χ0) is 12.6. The van der Waals surface area contributed by atoms with Gasteiger partial charge in [0.2, 0.25) is 5.91 Å². The summed E-state index contributed by atoms with van der Waals surface area (Å²) in [7, 11) is 0. The lowest BCUT2D eigenvalue weighted by molar-refractivity contribution is -0.121. The van der Waals surface area contributed by atoms with E-state index in [4.69, 9.17) is 0 Å². The van der Waals surface area contributed by atoms with Crippen LogP contribution in [0.1, 0.15) is 57.8 Å². The highest BCUT2D eigenvalue weighted by atomic mass is 16.1. The van der Waals surface area contributed by atoms with E-state index in [1.807, 2.05) is 0 Å². The van der Waals surface area contributed by atoms with Gasteiger partial charge < -0.3 is 10.6 Å². The van der Waals surface area contributed by atoms with Crippen molar-refractivity contribution in [3.63, 3.8) is 0 Å². The van der Waals surface area contributed by atoms with Crippen LogP contribution in [0.4, 0.5) is 0 Å². The molecule has 2 N–H and O–H groups in total. The van der Waals surface area contributed by atoms with Crippen LogP contribution in [0.2, 0.25) is 0 Å². The van der Waals surface area contributed by atoms with Crippen molar-refractivity contribution >= 4 is 5.91 Å². The molecule has 1 atom stereocenters. The second-order valence-electron chi connectivity index (χ2n) is 6.06. The Kier molecular flexibility index (Phi) is 5.98. The van der Waals surface area contributed by atoms with E-state index in [0.29, 0.717) is 5.92 Å². The molecule has 2 aliphatic rings. The van der Waals surface area contributed by atoms with E-state index < -0.39 is 0 Å². The second kappa shape index (κ2) is 7.78. The molecule has 3 heteroatoms. The van der Waals surface area contributed by atoms with E-state index in [0.717, 1.165) is 38.4 Å². The normalized spacial score (nSPS) is 25.2. The number of rotatable bonds is 6. The van der Waals surface area contributed by atoms with Crippen LogP contribution in [-0.4, -0.2) is 25.5 Å². The van der Waals surface area contributed by atoms with Crippen molar-refractivity contribution in [2.45, 2.75) is 57.8 Å². The molecule has 0 radical (unpaired) electrons. The molecule has 1 saturated heterocycles. The molecule has 0 aromatic heterocycles. The highest BCUT2D eigenvalue weighted by Crippen LogP contribution is 2.28. The molecule has 1 unspecified atom stereocenters. The van der Waals surface area contributed by atoms with E-state index in [2.05, 4.69) is 10.6 Å². The molecule has 1 heterocycles. The van der Waals surface area contributed by atoms with Gasteiger partial charge in [-0.2, -0.15) is 0 Å². The monoisotopic (exact) mass is 252 g/mol. The average Bonchev–Trinajstić information content (AvgIpc) is 2.91. The molecule has 18 heavy (non-hydrogen) atoms. The van der Waals surface area contributed by atoms with Gasteiger partial charge in [-0.25, -0.2) is 0 Å². The lowest BCUT2D eigenvalue weighted by Gasteiger charge is -2.22. The van der Waals surface area contributed by atoms with Gasteiger partial charge in [0.1, 0.15) is 0 Å². The van der Waals surface area contributed by atoms with Crippen molar-refractivity contribution in [3.8, 4) is 0 Å². The van der Waals surface area contributed by atoms with Crippen molar-refractivity contribution < 1.29 is 4.79 Å². The Labute approximate surface area is 111 Å². The number of piperidine rings is 1. The van der Waals surface area contributed by atoms with E-state index >= 15 is 0 Å². The maximum absolute atomic E-state index is 11.7. The minimum atomic E-state index is 0.263. The van der Waals surface area contributed by atoms with Crippen LogP contribution in [0.15, 0.2) is 0 Å². The van der Waals surface area contributed by atoms with Crippen LogP contribution < -0.4 is 10.6 Å². The van der Waals surface area contributed by atoms with E-state index in [1.165, 1.54) is 44.9 Å². The topological polar surface area (TPSA) is 41.1 Å². The summed E-state index contributed by atoms with van der Waals surface area (Å²) in [4.78, 5) is 11.7. The number of hydrogen-bond donors (Lipinski definition) is 2. The van der Waals surface area contributed by atoms with Gasteiger partial charge >= 0.3 is 0 Å². The predicted molar refractivity (Wildman–Crippen MR) is 74.4 cm³/mol. The van der Waals surface area contributed by atoms with Crippen LogP contribution in [-0.2, 0) is 4.79 Å². The van der Waals surface area contributed by atoms with Crippen molar-refractivity contribution in [2.24, 2.45) is 11.8 Å². The zero-order valence-corrected chi connectivity index (χ0v) is 11.5. The quantitative estimate of drug-likeness (QED) is 0.762. The lowest BCUT2D eigenvalue weighted by Crippen LogP contribution is -2.38. The Bertz CT molecular complexity index is 243. The Morgan fingerprint density at radius 3 is 2.61 bits per heavy atom. The van der Waals surface area contributed by atoms with Crippen LogP contribution in [0, 0.1) is 11.8 Å². The summed E-state index contributed by atoms with van der Waals surface area (Å²) >= 11 is 0. The minimum absolute atomic E-state index is 0.263. The fourth-order valence-electron chi connectivity index (χ4n) is 3.30. The van der Waals surface area contributed by atoms with Gasteiger partial charge in [-0.3, -0.25) is 4.79 Å². The third-order valence-corrected chi connectivity index (χ3v) is 4.48. The summed E-state index contributed by atoms with van der Waals surface area (Å²) in [6.07, 6.45) is 11.2. The number of nitrogens with one attached hydrogen (secondary N) is 2. The summed E-state index contributed by atoms with van der Waals surface area (Å²) in [5.74, 6) is 1.83. The summed E-state index contributed by atoms with van der Waals surface area (Å²) in [6.45, 7) is 3.09. The first-order valence-electron chi connectivity index (χ1n) is 7.82. The number of hydrogen-bond acceptors (Lipinski definition) is 2. The molecule has 1 aliphatic heterocycles. The minimum Gasteiger partial charge on any atom is -0.356 e. The molecule has 1 amide bonds. The summed E-state index contributed by atoms with van der Waals surface area (Å²) in [5.41, 5.74) is 0. The fraction of sp³-hybridized carbons (Fsp3) is 0.933. The third kappa shape index (κ3) is 4.97. The number of carbonyl (C=O) groups is 1. The van der Waals surface area contributed by atoms with Crippen LogP contribution in [0.5, 0.6) is 0 Å². The van der Waals surface area contributed by atoms with Crippen LogP contribution in [0.3, 0.4) is 0 Å². The van der Waals surface area contributed by atoms with Gasteiger partial charge in [0, 0.05) is 13.0 Å². The Hall–Kier alpha value is -0.570. The highest BCUT2D eigenvalue weighted by Gasteiger charge is 2.16. The van der Waals surface area contributed by atoms with Gasteiger partial charge in [-0.1, -0.05) is 25.7 Å². The van der Waals surface area contributed by atoms with Crippen LogP contribution >= 0.6 is 0 Å². The Morgan fingerprint density at radius 2 is 1.89 bits per heavy atom. The summed E-state index contributed by atoms with van der Waals surface area (Å²) < 4.78 is 0. The summed E-state index contributed by atoms with van der Waals surface area (Å²) in [5, 5.41) is 6.49. The van der Waals surface area contributed by atoms with Crippen molar-refractivity contribution in [1.29, 1.82) is 0 Å². The fourth-order valence-corrected chi connectivity index (χ4v) is 3.30. The maximum atomic E-state index is 11.7. The van der Waals surface area contributed by atoms with Gasteiger partial charge in [0.05, 0.1) is 0 Å². The Balaban J connectivity index is 1.49. The smallest absolute Gasteiger partial charge is 0.220 e. The molecule has 0 aromatic carbocycles. The first kappa shape index (κ1) is 13.9. The largest absolute Gasteiger partial charge is 0.356 e. The summed E-state index contributed by atoms with van der Waals surface area (Å²) in [6, 6.07) is 0. The van der Waals surface area contributed by atoms with Gasteiger partial charge in [0.15, 0.2) is 0 Å². The molecule has 104 valence electrons. The second-order valence-corrected chi connectivity index (χ2v) is 6.06. The molecular weight excluding hydrogens is 224 g/mol. The Morgan fingerprint density at radius 1 is 1.11 bits per heavy atom. The number of carbonyl (C=O) groups excluding carboxylic acids is 1. The van der Waals surface area contributed by atoms with E-state index in [-0.39, 0.29) is 5.91 Å². The maximum Gasteiger partial charge on any atom is 0.220 e. The third-order valence-electron chi connectivity index (χ3n) is 4.48. The molecule has 2 rings (SSSR count). The SMILES string of the molecule is O=C(CCCC1CCCC1)NCC1CCCNC1. The van der Waals surface area contributed by atoms with E-state index in [1.54, 1.807) is 0 Å². The molecule has 2 fully saturated rings. The first-order chi connectivity index (χ1) is 8.84. The van der Waals surface area contributed by atoms with Gasteiger partial charge in [0.25, 0.3) is 0 Å². The van der Waals surface area contributed by atoms with Crippen molar-refractivity contribution in [2.75, 3.05) is 19.6 Å². The molecule has 3 nitrogen and oxygen atoms in total. The van der Waals surface area contributed by atoms with Crippen LogP contribution in [0.25, 0.3) is 0 Å². The molecule has 0 aromatic rings. The first-order valence-corrected chi connectivity index (χ1v) is 7.82. The lowest BCUT2D eigenvalue weighted by atomic mass is 9.99. The molecule has 0 spiro atoms. The molecule has 1 saturated carbocycles. The molecular formula is C15H28N2O. The van der Waals surface area contributed by atoms with Crippen molar-refractivity contribution in [3.05, 3.63) is 0 Å². The average molecular weight is 252 g/mol. The standard InChI is InChI=1S/C15H28N2O/c18-15(9-3-7-13-5-1-2-6-13)17-12-14-8-4-10-16-11-14/h13-14,16H,1-12H2,(H,17,18). The van der Waals surface area contributed by atoms with E-state index in [9.17, 15) is 4.79 Å². The highest BCUT2D eigenvalue weighted by molar-refractivity contribution is 5.75.